The fraction of sp³-hybridized carbons (Fsp3) is 0.375. The third-order valence-corrected chi connectivity index (χ3v) is 5.49. The van der Waals surface area contributed by atoms with Crippen molar-refractivity contribution in [2.45, 2.75) is 31.7 Å². The van der Waals surface area contributed by atoms with Gasteiger partial charge in [0.25, 0.3) is 0 Å². The van der Waals surface area contributed by atoms with Gasteiger partial charge in [0.15, 0.2) is 0 Å². The molecule has 1 aromatic heterocycles. The highest BCUT2D eigenvalue weighted by molar-refractivity contribution is 9.11. The predicted molar refractivity (Wildman–Crippen MR) is 85.8 cm³/mol. The number of nitrogens with one attached hydrogen (secondary N) is 1. The van der Waals surface area contributed by atoms with E-state index in [0.29, 0.717) is 6.04 Å². The van der Waals surface area contributed by atoms with Crippen LogP contribution in [0.15, 0.2) is 34.1 Å². The zero-order valence-corrected chi connectivity index (χ0v) is 13.6. The van der Waals surface area contributed by atoms with E-state index in [-0.39, 0.29) is 5.82 Å². The zero-order valence-electron chi connectivity index (χ0n) is 11.2. The molecule has 1 N–H and O–H groups in total. The van der Waals surface area contributed by atoms with Crippen molar-refractivity contribution in [1.82, 2.24) is 5.32 Å². The van der Waals surface area contributed by atoms with Crippen molar-refractivity contribution in [3.05, 3.63) is 55.9 Å². The Balaban J connectivity index is 1.59. The van der Waals surface area contributed by atoms with E-state index in [2.05, 4.69) is 27.3 Å². The molecule has 0 amide bonds. The van der Waals surface area contributed by atoms with Crippen LogP contribution in [-0.2, 0) is 12.8 Å². The van der Waals surface area contributed by atoms with Gasteiger partial charge in [-0.25, -0.2) is 4.39 Å². The van der Waals surface area contributed by atoms with Crippen molar-refractivity contribution < 1.29 is 4.39 Å². The second-order valence-corrected chi connectivity index (χ2v) is 7.72. The summed E-state index contributed by atoms with van der Waals surface area (Å²) in [6.07, 6.45) is 4.51. The van der Waals surface area contributed by atoms with E-state index in [4.69, 9.17) is 0 Å². The monoisotopic (exact) mass is 353 g/mol. The van der Waals surface area contributed by atoms with Crippen LogP contribution in [-0.4, -0.2) is 6.54 Å². The van der Waals surface area contributed by atoms with Crippen LogP contribution >= 0.6 is 27.3 Å². The number of thiophene rings is 1. The van der Waals surface area contributed by atoms with Gasteiger partial charge in [-0.1, -0.05) is 12.1 Å². The standard InChI is InChI=1S/C16H17BrFNS/c17-16-10-13-14(5-2-6-15(13)20-16)19-8-7-11-3-1-4-12(18)9-11/h1,3-4,9-10,14,19H,2,5-8H2. The van der Waals surface area contributed by atoms with Gasteiger partial charge in [0, 0.05) is 10.9 Å². The van der Waals surface area contributed by atoms with Crippen LogP contribution in [0.4, 0.5) is 4.39 Å². The maximum absolute atomic E-state index is 13.1. The van der Waals surface area contributed by atoms with E-state index in [0.717, 1.165) is 18.5 Å². The summed E-state index contributed by atoms with van der Waals surface area (Å²) in [5, 5.41) is 3.62. The lowest BCUT2D eigenvalue weighted by Crippen LogP contribution is -2.26. The maximum Gasteiger partial charge on any atom is 0.123 e. The summed E-state index contributed by atoms with van der Waals surface area (Å²) >= 11 is 5.43. The van der Waals surface area contributed by atoms with Crippen LogP contribution < -0.4 is 5.32 Å². The molecule has 106 valence electrons. The summed E-state index contributed by atoms with van der Waals surface area (Å²) in [6, 6.07) is 9.58. The molecule has 2 aromatic rings. The molecule has 1 nitrogen and oxygen atoms in total. The van der Waals surface area contributed by atoms with Crippen LogP contribution in [0.5, 0.6) is 0 Å². The number of rotatable bonds is 4. The molecule has 1 unspecified atom stereocenters. The smallest absolute Gasteiger partial charge is 0.123 e. The average Bonchev–Trinajstić information content (AvgIpc) is 2.80. The molecule has 0 aliphatic heterocycles. The molecule has 1 heterocycles. The van der Waals surface area contributed by atoms with Crippen molar-refractivity contribution in [3.8, 4) is 0 Å². The SMILES string of the molecule is Fc1cccc(CCNC2CCCc3sc(Br)cc32)c1. The summed E-state index contributed by atoms with van der Waals surface area (Å²) in [4.78, 5) is 1.51. The van der Waals surface area contributed by atoms with Crippen molar-refractivity contribution in [1.29, 1.82) is 0 Å². The van der Waals surface area contributed by atoms with Gasteiger partial charge in [-0.15, -0.1) is 11.3 Å². The van der Waals surface area contributed by atoms with Crippen LogP contribution in [0.1, 0.15) is 34.9 Å². The van der Waals surface area contributed by atoms with E-state index in [1.54, 1.807) is 12.1 Å². The first kappa shape index (κ1) is 14.2. The van der Waals surface area contributed by atoms with Crippen LogP contribution in [0.2, 0.25) is 0 Å². The lowest BCUT2D eigenvalue weighted by molar-refractivity contribution is 0.466. The second kappa shape index (κ2) is 6.37. The maximum atomic E-state index is 13.1. The second-order valence-electron chi connectivity index (χ2n) is 5.21. The van der Waals surface area contributed by atoms with E-state index in [1.165, 1.54) is 39.6 Å². The third-order valence-electron chi connectivity index (χ3n) is 3.78. The Bertz CT molecular complexity index is 596. The highest BCUT2D eigenvalue weighted by atomic mass is 79.9. The molecule has 20 heavy (non-hydrogen) atoms. The van der Waals surface area contributed by atoms with E-state index in [1.807, 2.05) is 17.4 Å². The lowest BCUT2D eigenvalue weighted by Gasteiger charge is -2.23. The van der Waals surface area contributed by atoms with Gasteiger partial charge in [0.2, 0.25) is 0 Å². The number of halogens is 2. The molecule has 0 radical (unpaired) electrons. The Labute approximate surface area is 131 Å². The first-order valence-electron chi connectivity index (χ1n) is 6.98. The minimum atomic E-state index is -0.149. The number of hydrogen-bond donors (Lipinski definition) is 1. The van der Waals surface area contributed by atoms with Gasteiger partial charge >= 0.3 is 0 Å². The largest absolute Gasteiger partial charge is 0.310 e. The Morgan fingerprint density at radius 2 is 2.25 bits per heavy atom. The van der Waals surface area contributed by atoms with Crippen LogP contribution in [0, 0.1) is 5.82 Å². The summed E-state index contributed by atoms with van der Waals surface area (Å²) in [5.41, 5.74) is 2.51. The summed E-state index contributed by atoms with van der Waals surface area (Å²) in [6.45, 7) is 0.890. The molecular weight excluding hydrogens is 337 g/mol. The van der Waals surface area contributed by atoms with Crippen molar-refractivity contribution >= 4 is 27.3 Å². The Hall–Kier alpha value is -0.710. The summed E-state index contributed by atoms with van der Waals surface area (Å²) < 4.78 is 14.3. The quantitative estimate of drug-likeness (QED) is 0.827. The predicted octanol–water partition coefficient (Wildman–Crippen LogP) is 4.86. The average molecular weight is 354 g/mol. The molecule has 0 saturated heterocycles. The van der Waals surface area contributed by atoms with Gasteiger partial charge in [-0.05, 0) is 77.5 Å². The third kappa shape index (κ3) is 3.30. The molecule has 1 atom stereocenters. The lowest BCUT2D eigenvalue weighted by atomic mass is 9.94. The molecule has 0 saturated carbocycles. The normalized spacial score (nSPS) is 18.0. The van der Waals surface area contributed by atoms with Gasteiger partial charge in [-0.3, -0.25) is 0 Å². The molecule has 1 aliphatic rings. The first-order chi connectivity index (χ1) is 9.72. The van der Waals surface area contributed by atoms with E-state index in [9.17, 15) is 4.39 Å². The van der Waals surface area contributed by atoms with Gasteiger partial charge in [-0.2, -0.15) is 0 Å². The minimum absolute atomic E-state index is 0.149. The van der Waals surface area contributed by atoms with Crippen LogP contribution in [0.3, 0.4) is 0 Å². The molecule has 0 fully saturated rings. The Kier molecular flexibility index (Phi) is 4.54. The van der Waals surface area contributed by atoms with Gasteiger partial charge in [0.1, 0.15) is 5.82 Å². The highest BCUT2D eigenvalue weighted by Gasteiger charge is 2.21. The minimum Gasteiger partial charge on any atom is -0.310 e. The van der Waals surface area contributed by atoms with Gasteiger partial charge < -0.3 is 5.32 Å². The van der Waals surface area contributed by atoms with Crippen molar-refractivity contribution in [2.75, 3.05) is 6.54 Å². The van der Waals surface area contributed by atoms with E-state index < -0.39 is 0 Å². The Morgan fingerprint density at radius 1 is 1.35 bits per heavy atom. The number of hydrogen-bond acceptors (Lipinski definition) is 2. The molecule has 1 aliphatic carbocycles. The molecule has 0 bridgehead atoms. The fourth-order valence-corrected chi connectivity index (χ4v) is 4.64. The van der Waals surface area contributed by atoms with Gasteiger partial charge in [0.05, 0.1) is 3.79 Å². The topological polar surface area (TPSA) is 12.0 Å². The van der Waals surface area contributed by atoms with Crippen molar-refractivity contribution in [3.63, 3.8) is 0 Å². The molecule has 1 aromatic carbocycles. The highest BCUT2D eigenvalue weighted by Crippen LogP contribution is 2.37. The number of fused-ring (bicyclic) bond motifs is 1. The Morgan fingerprint density at radius 3 is 3.10 bits per heavy atom. The summed E-state index contributed by atoms with van der Waals surface area (Å²) in [5.74, 6) is -0.149. The zero-order chi connectivity index (χ0) is 13.9. The van der Waals surface area contributed by atoms with Crippen LogP contribution in [0.25, 0.3) is 0 Å². The number of aryl methyl sites for hydroxylation is 1. The molecular formula is C16H17BrFNS. The van der Waals surface area contributed by atoms with Crippen molar-refractivity contribution in [2.24, 2.45) is 0 Å². The summed E-state index contributed by atoms with van der Waals surface area (Å²) in [7, 11) is 0. The fourth-order valence-electron chi connectivity index (χ4n) is 2.82. The molecule has 3 rings (SSSR count). The molecule has 0 spiro atoms. The van der Waals surface area contributed by atoms with E-state index >= 15 is 0 Å². The number of benzene rings is 1. The molecule has 4 heteroatoms. The first-order valence-corrected chi connectivity index (χ1v) is 8.59.